The van der Waals surface area contributed by atoms with Crippen LogP contribution in [0.5, 0.6) is 5.75 Å². The molecule has 1 N–H and O–H groups in total. The van der Waals surface area contributed by atoms with E-state index in [1.54, 1.807) is 0 Å². The number of carbonyl (C=O) groups excluding carboxylic acids is 2. The maximum absolute atomic E-state index is 12.1. The number of hydrogen-bond donors (Lipinski definition) is 1. The Morgan fingerprint density at radius 2 is 1.97 bits per heavy atom. The third kappa shape index (κ3) is 14.3. The van der Waals surface area contributed by atoms with Crippen LogP contribution in [0.3, 0.4) is 0 Å². The van der Waals surface area contributed by atoms with Crippen LogP contribution in [-0.2, 0) is 29.1 Å². The van der Waals surface area contributed by atoms with Gasteiger partial charge in [0.15, 0.2) is 0 Å². The quantitative estimate of drug-likeness (QED) is 0.156. The van der Waals surface area contributed by atoms with E-state index in [2.05, 4.69) is 43.9 Å². The Balaban J connectivity index is 2.31. The minimum Gasteiger partial charge on any atom is -0.490 e. The zero-order valence-corrected chi connectivity index (χ0v) is 21.4. The van der Waals surface area contributed by atoms with E-state index < -0.39 is 22.1 Å². The highest BCUT2D eigenvalue weighted by molar-refractivity contribution is 14.1. The van der Waals surface area contributed by atoms with Gasteiger partial charge in [0.05, 0.1) is 19.4 Å². The van der Waals surface area contributed by atoms with Gasteiger partial charge in [-0.3, -0.25) is 9.59 Å². The molecule has 10 heteroatoms. The molecule has 0 aliphatic rings. The number of nitrogens with one attached hydrogen (secondary N) is 1. The summed E-state index contributed by atoms with van der Waals surface area (Å²) in [5, 5.41) is 0. The molecule has 0 aromatic heterocycles. The molecule has 1 unspecified atom stereocenters. The molecule has 1 aromatic carbocycles. The molecule has 0 bridgehead atoms. The van der Waals surface area contributed by atoms with E-state index in [0.29, 0.717) is 44.3 Å². The van der Waals surface area contributed by atoms with Crippen LogP contribution in [-0.4, -0.2) is 52.5 Å². The minimum atomic E-state index is -3.44. The van der Waals surface area contributed by atoms with Gasteiger partial charge < -0.3 is 14.2 Å². The van der Waals surface area contributed by atoms with Gasteiger partial charge in [0.25, 0.3) is 0 Å². The highest BCUT2D eigenvalue weighted by Crippen LogP contribution is 2.16. The second-order valence-corrected chi connectivity index (χ2v) is 10.1. The lowest BCUT2D eigenvalue weighted by Crippen LogP contribution is -2.27. The predicted molar refractivity (Wildman–Crippen MR) is 129 cm³/mol. The van der Waals surface area contributed by atoms with E-state index >= 15 is 0 Å². The fraction of sp³-hybridized carbons (Fsp3) is 0.545. The number of hydrogen-bond acceptors (Lipinski definition) is 7. The third-order valence-electron chi connectivity index (χ3n) is 4.17. The fourth-order valence-corrected chi connectivity index (χ4v) is 4.15. The van der Waals surface area contributed by atoms with Crippen LogP contribution in [0.4, 0.5) is 0 Å². The third-order valence-corrected chi connectivity index (χ3v) is 6.25. The van der Waals surface area contributed by atoms with Crippen molar-refractivity contribution in [3.05, 3.63) is 27.8 Å². The lowest BCUT2D eigenvalue weighted by molar-refractivity contribution is -0.148. The van der Waals surface area contributed by atoms with E-state index in [1.807, 2.05) is 24.3 Å². The summed E-state index contributed by atoms with van der Waals surface area (Å²) in [7, 11) is -2.11. The van der Waals surface area contributed by atoms with Crippen LogP contribution in [0.1, 0.15) is 45.4 Å². The van der Waals surface area contributed by atoms with Crippen molar-refractivity contribution >= 4 is 44.6 Å². The highest BCUT2D eigenvalue weighted by Gasteiger charge is 2.15. The summed E-state index contributed by atoms with van der Waals surface area (Å²) in [5.41, 5.74) is 0. The molecule has 0 amide bonds. The maximum atomic E-state index is 12.1. The number of methoxy groups -OCH3 is 1. The Morgan fingerprint density at radius 1 is 1.19 bits per heavy atom. The number of unbranched alkanes of at least 4 members (excludes halogenated alkanes) is 2. The first-order chi connectivity index (χ1) is 15.2. The summed E-state index contributed by atoms with van der Waals surface area (Å²) < 4.78 is 43.1. The van der Waals surface area contributed by atoms with Gasteiger partial charge in [-0.2, -0.15) is 0 Å². The van der Waals surface area contributed by atoms with Crippen LogP contribution in [0.2, 0.25) is 0 Å². The van der Waals surface area contributed by atoms with Crippen molar-refractivity contribution < 1.29 is 32.2 Å². The Kier molecular flexibility index (Phi) is 14.0. The molecule has 0 spiro atoms. The SMILES string of the molecule is COC(=O)CCCC#CCNS(=O)(=O)CCCCC(COc1cccc(I)c1)OC(C)=O. The zero-order chi connectivity index (χ0) is 23.8. The van der Waals surface area contributed by atoms with Crippen LogP contribution < -0.4 is 9.46 Å². The molecule has 1 atom stereocenters. The van der Waals surface area contributed by atoms with Crippen molar-refractivity contribution in [2.24, 2.45) is 0 Å². The number of benzene rings is 1. The largest absolute Gasteiger partial charge is 0.490 e. The Morgan fingerprint density at radius 3 is 2.66 bits per heavy atom. The second kappa shape index (κ2) is 15.9. The minimum absolute atomic E-state index is 0.0281. The van der Waals surface area contributed by atoms with Crippen molar-refractivity contribution in [2.45, 2.75) is 51.6 Å². The molecule has 0 aliphatic heterocycles. The average Bonchev–Trinajstić information content (AvgIpc) is 2.73. The predicted octanol–water partition coefficient (Wildman–Crippen LogP) is 3.04. The van der Waals surface area contributed by atoms with Crippen molar-refractivity contribution in [2.75, 3.05) is 26.0 Å². The van der Waals surface area contributed by atoms with Gasteiger partial charge in [-0.05, 0) is 66.5 Å². The van der Waals surface area contributed by atoms with E-state index in [9.17, 15) is 18.0 Å². The first kappa shape index (κ1) is 28.2. The molecule has 0 aliphatic carbocycles. The van der Waals surface area contributed by atoms with E-state index in [4.69, 9.17) is 9.47 Å². The normalized spacial score (nSPS) is 11.7. The number of rotatable bonds is 14. The van der Waals surface area contributed by atoms with Crippen LogP contribution in [0.25, 0.3) is 0 Å². The van der Waals surface area contributed by atoms with Gasteiger partial charge in [-0.15, -0.1) is 5.92 Å². The van der Waals surface area contributed by atoms with E-state index in [-0.39, 0.29) is 24.9 Å². The van der Waals surface area contributed by atoms with Crippen LogP contribution >= 0.6 is 22.6 Å². The molecule has 0 saturated heterocycles. The molecule has 1 rings (SSSR count). The summed E-state index contributed by atoms with van der Waals surface area (Å²) >= 11 is 2.19. The van der Waals surface area contributed by atoms with Gasteiger partial charge in [-0.1, -0.05) is 12.0 Å². The molecule has 0 radical (unpaired) electrons. The highest BCUT2D eigenvalue weighted by atomic mass is 127. The second-order valence-electron chi connectivity index (χ2n) is 6.92. The summed E-state index contributed by atoms with van der Waals surface area (Å²) in [4.78, 5) is 22.3. The molecular formula is C22H30INO7S. The molecule has 32 heavy (non-hydrogen) atoms. The Bertz CT molecular complexity index is 893. The standard InChI is InChI=1S/C22H30INO7S/c1-18(25)31-21(17-30-20-12-9-10-19(23)16-20)11-6-8-15-32(27,28)24-14-7-4-3-5-13-22(26)29-2/h9-10,12,16,21,24H,3,5-6,8,11,13-15,17H2,1-2H3. The molecule has 1 aromatic rings. The number of esters is 2. The number of halogens is 1. The van der Waals surface area contributed by atoms with Gasteiger partial charge >= 0.3 is 11.9 Å². The Labute approximate surface area is 204 Å². The average molecular weight is 579 g/mol. The smallest absolute Gasteiger partial charge is 0.305 e. The first-order valence-corrected chi connectivity index (χ1v) is 13.0. The van der Waals surface area contributed by atoms with E-state index in [1.165, 1.54) is 14.0 Å². The monoisotopic (exact) mass is 579 g/mol. The zero-order valence-electron chi connectivity index (χ0n) is 18.4. The van der Waals surface area contributed by atoms with Gasteiger partial charge in [-0.25, -0.2) is 13.1 Å². The lowest BCUT2D eigenvalue weighted by Gasteiger charge is -2.18. The number of ether oxygens (including phenoxy) is 3. The van der Waals surface area contributed by atoms with Gasteiger partial charge in [0.1, 0.15) is 18.5 Å². The fourth-order valence-electron chi connectivity index (χ4n) is 2.61. The number of sulfonamides is 1. The van der Waals surface area contributed by atoms with Gasteiger partial charge in [0.2, 0.25) is 10.0 Å². The van der Waals surface area contributed by atoms with E-state index in [0.717, 1.165) is 3.57 Å². The van der Waals surface area contributed by atoms with Crippen molar-refractivity contribution in [3.63, 3.8) is 0 Å². The Hall–Kier alpha value is -1.84. The lowest BCUT2D eigenvalue weighted by atomic mass is 10.2. The van der Waals surface area contributed by atoms with Crippen molar-refractivity contribution in [3.8, 4) is 17.6 Å². The molecule has 178 valence electrons. The summed E-state index contributed by atoms with van der Waals surface area (Å²) in [6, 6.07) is 7.53. The van der Waals surface area contributed by atoms with Crippen molar-refractivity contribution in [1.29, 1.82) is 0 Å². The van der Waals surface area contributed by atoms with Crippen molar-refractivity contribution in [1.82, 2.24) is 4.72 Å². The van der Waals surface area contributed by atoms with Crippen LogP contribution in [0.15, 0.2) is 24.3 Å². The molecule has 0 saturated carbocycles. The van der Waals surface area contributed by atoms with Crippen LogP contribution in [0, 0.1) is 15.4 Å². The molecule has 8 nitrogen and oxygen atoms in total. The molecule has 0 heterocycles. The first-order valence-electron chi connectivity index (χ1n) is 10.3. The topological polar surface area (TPSA) is 108 Å². The maximum Gasteiger partial charge on any atom is 0.305 e. The summed E-state index contributed by atoms with van der Waals surface area (Å²) in [5.74, 6) is 5.51. The summed E-state index contributed by atoms with van der Waals surface area (Å²) in [6.45, 7) is 1.57. The molecule has 0 fully saturated rings. The summed E-state index contributed by atoms with van der Waals surface area (Å²) in [6.07, 6.45) is 2.40. The molecular weight excluding hydrogens is 549 g/mol. The van der Waals surface area contributed by atoms with Gasteiger partial charge in [0, 0.05) is 23.3 Å². The number of carbonyl (C=O) groups is 2.